The number of aromatic amines is 1. The molecule has 2 heterocycles. The van der Waals surface area contributed by atoms with Crippen molar-refractivity contribution in [2.24, 2.45) is 0 Å². The first-order chi connectivity index (χ1) is 7.99. The van der Waals surface area contributed by atoms with Gasteiger partial charge >= 0.3 is 5.97 Å². The summed E-state index contributed by atoms with van der Waals surface area (Å²) in [6.45, 7) is 0. The van der Waals surface area contributed by atoms with Crippen molar-refractivity contribution in [1.82, 2.24) is 9.71 Å². The number of rotatable bonds is 4. The van der Waals surface area contributed by atoms with Crippen molar-refractivity contribution in [3.63, 3.8) is 0 Å². The molecule has 8 heteroatoms. The van der Waals surface area contributed by atoms with E-state index in [2.05, 4.69) is 9.71 Å². The van der Waals surface area contributed by atoms with Gasteiger partial charge in [-0.3, -0.25) is 0 Å². The molecule has 1 unspecified atom stereocenters. The third kappa shape index (κ3) is 2.82. The van der Waals surface area contributed by atoms with Gasteiger partial charge in [0.25, 0.3) is 0 Å². The summed E-state index contributed by atoms with van der Waals surface area (Å²) in [5.74, 6) is 0.527. The van der Waals surface area contributed by atoms with Crippen LogP contribution < -0.4 is 4.72 Å². The normalized spacial score (nSPS) is 20.6. The van der Waals surface area contributed by atoms with E-state index in [1.807, 2.05) is 0 Å². The van der Waals surface area contributed by atoms with Gasteiger partial charge in [-0.1, -0.05) is 0 Å². The van der Waals surface area contributed by atoms with E-state index in [4.69, 9.17) is 5.11 Å². The standard InChI is InChI=1S/C9H12N2O4S2/c12-9(13)8-3-7(4-10-8)17(14,15)11-6-1-2-16-5-6/h3-4,6,10-11H,1-2,5H2,(H,12,13). The van der Waals surface area contributed by atoms with Gasteiger partial charge in [-0.2, -0.15) is 11.8 Å². The lowest BCUT2D eigenvalue weighted by Crippen LogP contribution is -2.34. The molecule has 17 heavy (non-hydrogen) atoms. The summed E-state index contributed by atoms with van der Waals surface area (Å²) in [5.41, 5.74) is -0.133. The number of aromatic nitrogens is 1. The third-order valence-electron chi connectivity index (χ3n) is 2.45. The third-order valence-corrected chi connectivity index (χ3v) is 5.11. The summed E-state index contributed by atoms with van der Waals surface area (Å²) >= 11 is 1.70. The van der Waals surface area contributed by atoms with Crippen molar-refractivity contribution >= 4 is 27.8 Å². The maximum Gasteiger partial charge on any atom is 0.352 e. The molecule has 1 aliphatic rings. The van der Waals surface area contributed by atoms with Crippen LogP contribution in [0, 0.1) is 0 Å². The highest BCUT2D eigenvalue weighted by Crippen LogP contribution is 2.19. The Labute approximate surface area is 103 Å². The Morgan fingerprint density at radius 2 is 2.35 bits per heavy atom. The summed E-state index contributed by atoms with van der Waals surface area (Å²) in [5, 5.41) is 8.70. The number of H-pyrrole nitrogens is 1. The molecular weight excluding hydrogens is 264 g/mol. The number of carboxylic acids is 1. The molecule has 3 N–H and O–H groups in total. The number of nitrogens with one attached hydrogen (secondary N) is 2. The summed E-state index contributed by atoms with van der Waals surface area (Å²) < 4.78 is 26.3. The molecule has 0 radical (unpaired) electrons. The molecule has 1 atom stereocenters. The van der Waals surface area contributed by atoms with Gasteiger partial charge in [0.1, 0.15) is 10.6 Å². The Morgan fingerprint density at radius 3 is 2.88 bits per heavy atom. The monoisotopic (exact) mass is 276 g/mol. The highest BCUT2D eigenvalue weighted by Gasteiger charge is 2.24. The minimum absolute atomic E-state index is 0.0354. The molecule has 94 valence electrons. The van der Waals surface area contributed by atoms with Crippen molar-refractivity contribution in [3.8, 4) is 0 Å². The molecule has 1 aromatic rings. The zero-order valence-corrected chi connectivity index (χ0v) is 10.5. The maximum atomic E-state index is 11.9. The Kier molecular flexibility index (Phi) is 3.45. The van der Waals surface area contributed by atoms with Crippen LogP contribution in [0.5, 0.6) is 0 Å². The zero-order chi connectivity index (χ0) is 12.5. The molecular formula is C9H12N2O4S2. The minimum atomic E-state index is -3.61. The molecule has 2 rings (SSSR count). The van der Waals surface area contributed by atoms with Crippen LogP contribution in [0.3, 0.4) is 0 Å². The second-order valence-corrected chi connectivity index (χ2v) is 6.60. The zero-order valence-electron chi connectivity index (χ0n) is 8.84. The van der Waals surface area contributed by atoms with Gasteiger partial charge in [-0.25, -0.2) is 17.9 Å². The fraction of sp³-hybridized carbons (Fsp3) is 0.444. The van der Waals surface area contributed by atoms with Crippen LogP contribution in [0.4, 0.5) is 0 Å². The van der Waals surface area contributed by atoms with Crippen molar-refractivity contribution < 1.29 is 18.3 Å². The van der Waals surface area contributed by atoms with Crippen LogP contribution in [0.2, 0.25) is 0 Å². The lowest BCUT2D eigenvalue weighted by Gasteiger charge is -2.10. The van der Waals surface area contributed by atoms with Crippen molar-refractivity contribution in [1.29, 1.82) is 0 Å². The molecule has 0 spiro atoms. The van der Waals surface area contributed by atoms with Crippen LogP contribution in [-0.4, -0.2) is 42.0 Å². The molecule has 6 nitrogen and oxygen atoms in total. The predicted molar refractivity (Wildman–Crippen MR) is 63.8 cm³/mol. The molecule has 0 bridgehead atoms. The van der Waals surface area contributed by atoms with E-state index < -0.39 is 16.0 Å². The highest BCUT2D eigenvalue weighted by molar-refractivity contribution is 7.99. The first-order valence-corrected chi connectivity index (χ1v) is 7.64. The molecule has 1 fully saturated rings. The molecule has 1 aromatic heterocycles. The molecule has 0 amide bonds. The summed E-state index contributed by atoms with van der Waals surface area (Å²) in [6.07, 6.45) is 1.99. The van der Waals surface area contributed by atoms with Gasteiger partial charge in [-0.05, 0) is 18.2 Å². The Balaban J connectivity index is 2.15. The van der Waals surface area contributed by atoms with Crippen LogP contribution in [-0.2, 0) is 10.0 Å². The average molecular weight is 276 g/mol. The summed E-state index contributed by atoms with van der Waals surface area (Å²) in [4.78, 5) is 13.0. The predicted octanol–water partition coefficient (Wildman–Crippen LogP) is 0.497. The van der Waals surface area contributed by atoms with E-state index in [9.17, 15) is 13.2 Å². The maximum absolute atomic E-state index is 11.9. The lowest BCUT2D eigenvalue weighted by atomic mass is 10.3. The Bertz CT molecular complexity index is 517. The number of sulfonamides is 1. The molecule has 0 saturated carbocycles. The number of hydrogen-bond acceptors (Lipinski definition) is 4. The molecule has 0 aromatic carbocycles. The fourth-order valence-electron chi connectivity index (χ4n) is 1.57. The second kappa shape index (κ2) is 4.71. The first kappa shape index (κ1) is 12.5. The topological polar surface area (TPSA) is 99.3 Å². The van der Waals surface area contributed by atoms with Gasteiger partial charge in [0.15, 0.2) is 0 Å². The van der Waals surface area contributed by atoms with Gasteiger partial charge in [0.05, 0.1) is 0 Å². The Morgan fingerprint density at radius 1 is 1.59 bits per heavy atom. The second-order valence-electron chi connectivity index (χ2n) is 3.74. The lowest BCUT2D eigenvalue weighted by molar-refractivity contribution is 0.0691. The summed E-state index contributed by atoms with van der Waals surface area (Å²) in [6, 6.07) is 1.06. The van der Waals surface area contributed by atoms with Crippen LogP contribution in [0.1, 0.15) is 16.9 Å². The van der Waals surface area contributed by atoms with E-state index >= 15 is 0 Å². The van der Waals surface area contributed by atoms with E-state index in [1.54, 1.807) is 11.8 Å². The molecule has 1 aliphatic heterocycles. The Hall–Kier alpha value is -0.990. The minimum Gasteiger partial charge on any atom is -0.477 e. The van der Waals surface area contributed by atoms with Crippen molar-refractivity contribution in [2.45, 2.75) is 17.4 Å². The number of carbonyl (C=O) groups is 1. The first-order valence-electron chi connectivity index (χ1n) is 5.01. The smallest absolute Gasteiger partial charge is 0.352 e. The van der Waals surface area contributed by atoms with E-state index in [0.717, 1.165) is 24.0 Å². The van der Waals surface area contributed by atoms with E-state index in [1.165, 1.54) is 6.20 Å². The number of aromatic carboxylic acids is 1. The largest absolute Gasteiger partial charge is 0.477 e. The molecule has 1 saturated heterocycles. The number of thioether (sulfide) groups is 1. The molecule has 0 aliphatic carbocycles. The number of hydrogen-bond donors (Lipinski definition) is 3. The quantitative estimate of drug-likeness (QED) is 0.743. The van der Waals surface area contributed by atoms with E-state index in [0.29, 0.717) is 0 Å². The van der Waals surface area contributed by atoms with Crippen LogP contribution in [0.15, 0.2) is 17.2 Å². The van der Waals surface area contributed by atoms with Crippen molar-refractivity contribution in [2.75, 3.05) is 11.5 Å². The van der Waals surface area contributed by atoms with Crippen LogP contribution >= 0.6 is 11.8 Å². The SMILES string of the molecule is O=C(O)c1cc(S(=O)(=O)NC2CCSC2)c[nH]1. The van der Waals surface area contributed by atoms with Crippen LogP contribution in [0.25, 0.3) is 0 Å². The summed E-state index contributed by atoms with van der Waals surface area (Å²) in [7, 11) is -3.61. The number of carboxylic acid groups (broad SMARTS) is 1. The van der Waals surface area contributed by atoms with E-state index in [-0.39, 0.29) is 16.6 Å². The van der Waals surface area contributed by atoms with Gasteiger partial charge < -0.3 is 10.1 Å². The van der Waals surface area contributed by atoms with Gasteiger partial charge in [-0.15, -0.1) is 0 Å². The van der Waals surface area contributed by atoms with Gasteiger partial charge in [0.2, 0.25) is 10.0 Å². The fourth-order valence-corrected chi connectivity index (χ4v) is 4.09. The van der Waals surface area contributed by atoms with Crippen molar-refractivity contribution in [3.05, 3.63) is 18.0 Å². The van der Waals surface area contributed by atoms with Gasteiger partial charge in [0, 0.05) is 18.0 Å². The average Bonchev–Trinajstić information content (AvgIpc) is 2.84. The highest BCUT2D eigenvalue weighted by atomic mass is 32.2.